The third-order valence-electron chi connectivity index (χ3n) is 8.18. The van der Waals surface area contributed by atoms with E-state index in [0.29, 0.717) is 47.4 Å². The predicted octanol–water partition coefficient (Wildman–Crippen LogP) is 9.24. The number of nitrogens with zero attached hydrogens (tertiary/aromatic N) is 3. The van der Waals surface area contributed by atoms with Crippen molar-refractivity contribution in [2.24, 2.45) is 16.7 Å². The van der Waals surface area contributed by atoms with E-state index in [1.165, 1.54) is 6.33 Å². The number of aromatic nitrogens is 3. The summed E-state index contributed by atoms with van der Waals surface area (Å²) in [5.41, 5.74) is 2.98. The summed E-state index contributed by atoms with van der Waals surface area (Å²) >= 11 is 6.07. The van der Waals surface area contributed by atoms with Crippen LogP contribution < -0.4 is 24.8 Å². The van der Waals surface area contributed by atoms with Gasteiger partial charge in [-0.05, 0) is 79.8 Å². The van der Waals surface area contributed by atoms with E-state index in [1.807, 2.05) is 48.5 Å². The fourth-order valence-corrected chi connectivity index (χ4v) is 6.28. The van der Waals surface area contributed by atoms with E-state index >= 15 is 0 Å². The van der Waals surface area contributed by atoms with Crippen LogP contribution in [0.2, 0.25) is 5.02 Å². The summed E-state index contributed by atoms with van der Waals surface area (Å²) in [6.45, 7) is 20.5. The molecule has 46 heavy (non-hydrogen) atoms. The zero-order valence-corrected chi connectivity index (χ0v) is 29.6. The second-order valence-corrected chi connectivity index (χ2v) is 15.1. The van der Waals surface area contributed by atoms with Crippen LogP contribution in [-0.2, 0) is 6.61 Å². The quantitative estimate of drug-likeness (QED) is 0.131. The molecule has 0 aliphatic heterocycles. The van der Waals surface area contributed by atoms with E-state index < -0.39 is 0 Å². The number of halogens is 1. The molecule has 8 nitrogen and oxygen atoms in total. The number of rotatable bonds is 14. The second-order valence-electron chi connectivity index (χ2n) is 14.7. The number of pyridine rings is 1. The Morgan fingerprint density at radius 1 is 0.848 bits per heavy atom. The second kappa shape index (κ2) is 14.9. The maximum Gasteiger partial charge on any atom is 0.213 e. The number of benzene rings is 2. The zero-order valence-electron chi connectivity index (χ0n) is 28.8. The molecule has 2 heterocycles. The molecule has 4 aromatic rings. The van der Waals surface area contributed by atoms with E-state index in [2.05, 4.69) is 81.0 Å². The van der Waals surface area contributed by atoms with Crippen molar-refractivity contribution < 1.29 is 14.2 Å². The highest BCUT2D eigenvalue weighted by Gasteiger charge is 2.38. The number of nitrogens with one attached hydrogen (secondary N) is 2. The monoisotopic (exact) mass is 647 g/mol. The summed E-state index contributed by atoms with van der Waals surface area (Å²) in [7, 11) is 1.64. The van der Waals surface area contributed by atoms with Crippen molar-refractivity contribution in [1.82, 2.24) is 20.3 Å². The Kier molecular flexibility index (Phi) is 11.4. The molecule has 2 N–H and O–H groups in total. The molecule has 0 spiro atoms. The lowest BCUT2D eigenvalue weighted by atomic mass is 9.62. The highest BCUT2D eigenvalue weighted by atomic mass is 35.5. The first-order valence-corrected chi connectivity index (χ1v) is 16.3. The molecule has 0 radical (unpaired) electrons. The maximum absolute atomic E-state index is 6.20. The SMILES string of the molecule is COc1cc2c(Nc3ccc(OCc4cccc(Cl)c4)nc3)ncnc2cc1OCCCNC(C)(C)CC(C(C)(C)C)C(C)(C)C. The van der Waals surface area contributed by atoms with Gasteiger partial charge in [0.25, 0.3) is 0 Å². The summed E-state index contributed by atoms with van der Waals surface area (Å²) < 4.78 is 17.7. The predicted molar refractivity (Wildman–Crippen MR) is 189 cm³/mol. The molecule has 0 unspecified atom stereocenters. The lowest BCUT2D eigenvalue weighted by Crippen LogP contribution is -2.46. The fourth-order valence-electron chi connectivity index (χ4n) is 6.07. The van der Waals surface area contributed by atoms with Gasteiger partial charge in [0.15, 0.2) is 11.5 Å². The molecule has 248 valence electrons. The molecular formula is C37H50ClN5O3. The van der Waals surface area contributed by atoms with Gasteiger partial charge >= 0.3 is 0 Å². The molecule has 9 heteroatoms. The number of methoxy groups -OCH3 is 1. The van der Waals surface area contributed by atoms with Crippen molar-refractivity contribution in [2.75, 3.05) is 25.6 Å². The summed E-state index contributed by atoms with van der Waals surface area (Å²) in [5.74, 6) is 3.01. The zero-order chi connectivity index (χ0) is 33.5. The van der Waals surface area contributed by atoms with E-state index in [0.717, 1.165) is 41.5 Å². The standard InChI is InChI=1S/C37H50ClN5O3/c1-35(2,3)32(36(4,5)6)21-37(7,8)42-16-11-17-45-31-20-29-28(19-30(31)44-9)34(41-24-40-29)43-27-14-15-33(39-22-27)46-23-25-12-10-13-26(38)18-25/h10,12-15,18-20,22,24,32,42H,11,16-17,21,23H2,1-9H3,(H,40,41,43). The molecular weight excluding hydrogens is 598 g/mol. The minimum Gasteiger partial charge on any atom is -0.493 e. The van der Waals surface area contributed by atoms with Crippen LogP contribution in [0.25, 0.3) is 10.9 Å². The molecule has 2 aromatic carbocycles. The lowest BCUT2D eigenvalue weighted by molar-refractivity contribution is 0.0654. The van der Waals surface area contributed by atoms with Gasteiger partial charge in [0, 0.05) is 28.1 Å². The summed E-state index contributed by atoms with van der Waals surface area (Å²) in [6, 6.07) is 15.1. The van der Waals surface area contributed by atoms with Gasteiger partial charge in [-0.2, -0.15) is 0 Å². The van der Waals surface area contributed by atoms with E-state index in [-0.39, 0.29) is 16.4 Å². The van der Waals surface area contributed by atoms with Gasteiger partial charge in [-0.15, -0.1) is 0 Å². The Morgan fingerprint density at radius 3 is 2.26 bits per heavy atom. The maximum atomic E-state index is 6.20. The van der Waals surface area contributed by atoms with Crippen molar-refractivity contribution in [2.45, 2.75) is 80.4 Å². The van der Waals surface area contributed by atoms with Crippen molar-refractivity contribution >= 4 is 34.0 Å². The van der Waals surface area contributed by atoms with Crippen LogP contribution in [0.3, 0.4) is 0 Å². The molecule has 0 fully saturated rings. The van der Waals surface area contributed by atoms with E-state index in [1.54, 1.807) is 13.3 Å². The fraction of sp³-hybridized carbons (Fsp3) is 0.486. The van der Waals surface area contributed by atoms with Gasteiger partial charge in [0.2, 0.25) is 5.88 Å². The molecule has 0 atom stereocenters. The van der Waals surface area contributed by atoms with Crippen LogP contribution in [0, 0.1) is 16.7 Å². The molecule has 4 rings (SSSR count). The average molecular weight is 648 g/mol. The van der Waals surface area contributed by atoms with Crippen LogP contribution >= 0.6 is 11.6 Å². The first kappa shape index (κ1) is 35.2. The normalized spacial score (nSPS) is 12.4. The van der Waals surface area contributed by atoms with Gasteiger partial charge in [-0.1, -0.05) is 65.3 Å². The molecule has 0 aliphatic rings. The van der Waals surface area contributed by atoms with Gasteiger partial charge < -0.3 is 24.8 Å². The van der Waals surface area contributed by atoms with Crippen LogP contribution in [0.5, 0.6) is 17.4 Å². The number of ether oxygens (including phenoxy) is 3. The third-order valence-corrected chi connectivity index (χ3v) is 8.42. The minimum atomic E-state index is 0.0199. The highest BCUT2D eigenvalue weighted by molar-refractivity contribution is 6.30. The van der Waals surface area contributed by atoms with Crippen molar-refractivity contribution in [3.05, 3.63) is 71.6 Å². The number of hydrogen-bond donors (Lipinski definition) is 2. The van der Waals surface area contributed by atoms with Gasteiger partial charge in [-0.3, -0.25) is 0 Å². The Labute approximate surface area is 279 Å². The van der Waals surface area contributed by atoms with Crippen molar-refractivity contribution in [1.29, 1.82) is 0 Å². The Hall–Kier alpha value is -3.62. The van der Waals surface area contributed by atoms with Crippen molar-refractivity contribution in [3.63, 3.8) is 0 Å². The average Bonchev–Trinajstić information content (AvgIpc) is 2.98. The third kappa shape index (κ3) is 9.94. The van der Waals surface area contributed by atoms with Gasteiger partial charge in [0.05, 0.1) is 31.1 Å². The van der Waals surface area contributed by atoms with E-state index in [9.17, 15) is 0 Å². The highest BCUT2D eigenvalue weighted by Crippen LogP contribution is 2.44. The first-order valence-electron chi connectivity index (χ1n) is 16.0. The minimum absolute atomic E-state index is 0.0199. The van der Waals surface area contributed by atoms with Crippen molar-refractivity contribution in [3.8, 4) is 17.4 Å². The molecule has 0 saturated carbocycles. The largest absolute Gasteiger partial charge is 0.493 e. The number of hydrogen-bond acceptors (Lipinski definition) is 8. The molecule has 0 amide bonds. The molecule has 0 saturated heterocycles. The smallest absolute Gasteiger partial charge is 0.213 e. The molecule has 0 bridgehead atoms. The van der Waals surface area contributed by atoms with Gasteiger partial charge in [-0.25, -0.2) is 15.0 Å². The van der Waals surface area contributed by atoms with Crippen LogP contribution in [-0.4, -0.2) is 40.8 Å². The van der Waals surface area contributed by atoms with E-state index in [4.69, 9.17) is 25.8 Å². The lowest BCUT2D eigenvalue weighted by Gasteiger charge is -2.45. The number of anilines is 2. The Balaban J connectivity index is 1.34. The Morgan fingerprint density at radius 2 is 1.61 bits per heavy atom. The number of fused-ring (bicyclic) bond motifs is 1. The van der Waals surface area contributed by atoms with Gasteiger partial charge in [0.1, 0.15) is 18.8 Å². The topological polar surface area (TPSA) is 90.4 Å². The first-order chi connectivity index (χ1) is 21.6. The van der Waals surface area contributed by atoms with Crippen LogP contribution in [0.15, 0.2) is 61.1 Å². The molecule has 0 aliphatic carbocycles. The van der Waals surface area contributed by atoms with Crippen LogP contribution in [0.4, 0.5) is 11.5 Å². The Bertz CT molecular complexity index is 1570. The summed E-state index contributed by atoms with van der Waals surface area (Å²) in [6.07, 6.45) is 5.21. The summed E-state index contributed by atoms with van der Waals surface area (Å²) in [5, 5.41) is 8.60. The molecule has 2 aromatic heterocycles. The summed E-state index contributed by atoms with van der Waals surface area (Å²) in [4.78, 5) is 13.4. The van der Waals surface area contributed by atoms with Crippen LogP contribution in [0.1, 0.15) is 73.8 Å².